The standard InChI is InChI=1S/C15H21N3/c1-10(2)15(7-8-16-9-15)14-17-12-6-4-5-11(3)13(12)18-14/h4-6,10,16H,7-9H2,1-3H3,(H,17,18). The summed E-state index contributed by atoms with van der Waals surface area (Å²) in [4.78, 5) is 8.44. The van der Waals surface area contributed by atoms with Gasteiger partial charge in [0.2, 0.25) is 0 Å². The van der Waals surface area contributed by atoms with Crippen molar-refractivity contribution in [2.45, 2.75) is 32.6 Å². The molecular weight excluding hydrogens is 222 g/mol. The van der Waals surface area contributed by atoms with Crippen LogP contribution in [0.25, 0.3) is 11.0 Å². The van der Waals surface area contributed by atoms with Crippen LogP contribution in [-0.4, -0.2) is 23.1 Å². The first-order valence-electron chi connectivity index (χ1n) is 6.80. The second-order valence-corrected chi connectivity index (χ2v) is 5.79. The van der Waals surface area contributed by atoms with Crippen molar-refractivity contribution in [3.05, 3.63) is 29.6 Å². The third-order valence-corrected chi connectivity index (χ3v) is 4.48. The van der Waals surface area contributed by atoms with E-state index in [1.807, 2.05) is 0 Å². The molecule has 1 unspecified atom stereocenters. The highest BCUT2D eigenvalue weighted by molar-refractivity contribution is 5.78. The minimum Gasteiger partial charge on any atom is -0.341 e. The minimum atomic E-state index is 0.172. The van der Waals surface area contributed by atoms with Crippen LogP contribution in [0.1, 0.15) is 31.7 Å². The lowest BCUT2D eigenvalue weighted by Crippen LogP contribution is -2.35. The molecule has 3 heteroatoms. The van der Waals surface area contributed by atoms with E-state index in [1.54, 1.807) is 0 Å². The Morgan fingerprint density at radius 1 is 1.33 bits per heavy atom. The number of hydrogen-bond donors (Lipinski definition) is 2. The number of nitrogens with zero attached hydrogens (tertiary/aromatic N) is 1. The topological polar surface area (TPSA) is 40.7 Å². The van der Waals surface area contributed by atoms with Crippen LogP contribution in [0.2, 0.25) is 0 Å². The molecule has 3 rings (SSSR count). The van der Waals surface area contributed by atoms with E-state index >= 15 is 0 Å². The van der Waals surface area contributed by atoms with Gasteiger partial charge >= 0.3 is 0 Å². The van der Waals surface area contributed by atoms with E-state index in [9.17, 15) is 0 Å². The summed E-state index contributed by atoms with van der Waals surface area (Å²) in [6.45, 7) is 8.85. The Morgan fingerprint density at radius 3 is 2.78 bits per heavy atom. The van der Waals surface area contributed by atoms with Gasteiger partial charge in [-0.2, -0.15) is 0 Å². The molecule has 1 aliphatic heterocycles. The molecule has 2 N–H and O–H groups in total. The van der Waals surface area contributed by atoms with E-state index in [1.165, 1.54) is 12.0 Å². The summed E-state index contributed by atoms with van der Waals surface area (Å²) in [6.07, 6.45) is 1.17. The summed E-state index contributed by atoms with van der Waals surface area (Å²) in [5.41, 5.74) is 3.71. The average Bonchev–Trinajstić information content (AvgIpc) is 2.96. The molecular formula is C15H21N3. The zero-order valence-electron chi connectivity index (χ0n) is 11.4. The van der Waals surface area contributed by atoms with Gasteiger partial charge in [0.25, 0.3) is 0 Å². The smallest absolute Gasteiger partial charge is 0.115 e. The number of aromatic nitrogens is 2. The fourth-order valence-electron chi connectivity index (χ4n) is 3.09. The summed E-state index contributed by atoms with van der Waals surface area (Å²) < 4.78 is 0. The number of fused-ring (bicyclic) bond motifs is 1. The van der Waals surface area contributed by atoms with E-state index in [-0.39, 0.29) is 5.41 Å². The van der Waals surface area contributed by atoms with Gasteiger partial charge < -0.3 is 10.3 Å². The predicted octanol–water partition coefficient (Wildman–Crippen LogP) is 2.76. The van der Waals surface area contributed by atoms with Crippen molar-refractivity contribution in [2.24, 2.45) is 5.92 Å². The molecule has 0 saturated carbocycles. The molecule has 0 amide bonds. The predicted molar refractivity (Wildman–Crippen MR) is 74.8 cm³/mol. The largest absolute Gasteiger partial charge is 0.341 e. The lowest BCUT2D eigenvalue weighted by molar-refractivity contribution is 0.321. The Balaban J connectivity index is 2.16. The number of imidazole rings is 1. The van der Waals surface area contributed by atoms with Crippen molar-refractivity contribution in [1.29, 1.82) is 0 Å². The SMILES string of the molecule is Cc1cccc2[nH]c(C3(C(C)C)CCNC3)nc12. The number of H-pyrrole nitrogens is 1. The van der Waals surface area contributed by atoms with Crippen molar-refractivity contribution in [2.75, 3.05) is 13.1 Å². The van der Waals surface area contributed by atoms with Gasteiger partial charge in [0.15, 0.2) is 0 Å². The Hall–Kier alpha value is -1.35. The number of benzene rings is 1. The molecule has 1 aliphatic rings. The van der Waals surface area contributed by atoms with E-state index in [2.05, 4.69) is 49.3 Å². The maximum Gasteiger partial charge on any atom is 0.115 e. The van der Waals surface area contributed by atoms with Crippen LogP contribution >= 0.6 is 0 Å². The van der Waals surface area contributed by atoms with Gasteiger partial charge in [-0.15, -0.1) is 0 Å². The van der Waals surface area contributed by atoms with E-state index in [0.29, 0.717) is 5.92 Å². The van der Waals surface area contributed by atoms with Gasteiger partial charge in [0.05, 0.1) is 11.0 Å². The number of nitrogens with one attached hydrogen (secondary N) is 2. The maximum absolute atomic E-state index is 4.89. The van der Waals surface area contributed by atoms with Crippen LogP contribution in [-0.2, 0) is 5.41 Å². The first kappa shape index (κ1) is 11.7. The highest BCUT2D eigenvalue weighted by Gasteiger charge is 2.41. The maximum atomic E-state index is 4.89. The van der Waals surface area contributed by atoms with Crippen LogP contribution < -0.4 is 5.32 Å². The minimum absolute atomic E-state index is 0.172. The van der Waals surface area contributed by atoms with Crippen molar-refractivity contribution in [1.82, 2.24) is 15.3 Å². The van der Waals surface area contributed by atoms with Crippen LogP contribution in [0.3, 0.4) is 0 Å². The fraction of sp³-hybridized carbons (Fsp3) is 0.533. The van der Waals surface area contributed by atoms with Crippen LogP contribution in [0, 0.1) is 12.8 Å². The fourth-order valence-corrected chi connectivity index (χ4v) is 3.09. The van der Waals surface area contributed by atoms with Gasteiger partial charge in [-0.3, -0.25) is 0 Å². The average molecular weight is 243 g/mol. The molecule has 1 saturated heterocycles. The highest BCUT2D eigenvalue weighted by Crippen LogP contribution is 2.37. The van der Waals surface area contributed by atoms with E-state index in [4.69, 9.17) is 4.98 Å². The number of rotatable bonds is 2. The summed E-state index contributed by atoms with van der Waals surface area (Å²) in [5, 5.41) is 3.49. The molecule has 18 heavy (non-hydrogen) atoms. The van der Waals surface area contributed by atoms with Crippen LogP contribution in [0.15, 0.2) is 18.2 Å². The second-order valence-electron chi connectivity index (χ2n) is 5.79. The Bertz CT molecular complexity index is 562. The number of hydrogen-bond acceptors (Lipinski definition) is 2. The number of aromatic amines is 1. The van der Waals surface area contributed by atoms with Crippen molar-refractivity contribution >= 4 is 11.0 Å². The van der Waals surface area contributed by atoms with Gasteiger partial charge in [-0.25, -0.2) is 4.98 Å². The third-order valence-electron chi connectivity index (χ3n) is 4.48. The van der Waals surface area contributed by atoms with Gasteiger partial charge in [0.1, 0.15) is 5.82 Å². The molecule has 2 heterocycles. The van der Waals surface area contributed by atoms with Gasteiger partial charge in [-0.1, -0.05) is 26.0 Å². The zero-order valence-corrected chi connectivity index (χ0v) is 11.4. The lowest BCUT2D eigenvalue weighted by atomic mass is 9.76. The summed E-state index contributed by atoms with van der Waals surface area (Å²) >= 11 is 0. The highest BCUT2D eigenvalue weighted by atomic mass is 15.0. The quantitative estimate of drug-likeness (QED) is 0.851. The molecule has 1 aromatic heterocycles. The molecule has 2 aromatic rings. The Morgan fingerprint density at radius 2 is 2.17 bits per heavy atom. The third kappa shape index (κ3) is 1.57. The molecule has 1 aromatic carbocycles. The summed E-state index contributed by atoms with van der Waals surface area (Å²) in [5.74, 6) is 1.75. The van der Waals surface area contributed by atoms with Crippen molar-refractivity contribution < 1.29 is 0 Å². The summed E-state index contributed by atoms with van der Waals surface area (Å²) in [6, 6.07) is 6.34. The van der Waals surface area contributed by atoms with Crippen molar-refractivity contribution in [3.63, 3.8) is 0 Å². The zero-order chi connectivity index (χ0) is 12.8. The number of para-hydroxylation sites is 1. The molecule has 0 aliphatic carbocycles. The molecule has 0 radical (unpaired) electrons. The first-order chi connectivity index (χ1) is 8.63. The molecule has 0 spiro atoms. The lowest BCUT2D eigenvalue weighted by Gasteiger charge is -2.30. The van der Waals surface area contributed by atoms with Crippen LogP contribution in [0.4, 0.5) is 0 Å². The van der Waals surface area contributed by atoms with E-state index < -0.39 is 0 Å². The number of aryl methyl sites for hydroxylation is 1. The molecule has 96 valence electrons. The molecule has 1 fully saturated rings. The molecule has 1 atom stereocenters. The molecule has 0 bridgehead atoms. The molecule has 3 nitrogen and oxygen atoms in total. The van der Waals surface area contributed by atoms with Crippen LogP contribution in [0.5, 0.6) is 0 Å². The van der Waals surface area contributed by atoms with Gasteiger partial charge in [0, 0.05) is 12.0 Å². The second kappa shape index (κ2) is 4.09. The summed E-state index contributed by atoms with van der Waals surface area (Å²) in [7, 11) is 0. The van der Waals surface area contributed by atoms with Crippen molar-refractivity contribution in [3.8, 4) is 0 Å². The Labute approximate surface area is 108 Å². The first-order valence-corrected chi connectivity index (χ1v) is 6.80. The van der Waals surface area contributed by atoms with Gasteiger partial charge in [-0.05, 0) is 37.4 Å². The normalized spacial score (nSPS) is 24.2. The monoisotopic (exact) mass is 243 g/mol. The van der Waals surface area contributed by atoms with E-state index in [0.717, 1.165) is 29.9 Å². The Kier molecular flexibility index (Phi) is 2.67.